The molecule has 31 heavy (non-hydrogen) atoms. The molecule has 166 valence electrons. The van der Waals surface area contributed by atoms with Crippen LogP contribution in [-0.4, -0.2) is 69.2 Å². The van der Waals surface area contributed by atoms with E-state index >= 15 is 0 Å². The molecule has 0 N–H and O–H groups in total. The maximum Gasteiger partial charge on any atom is 0.260 e. The van der Waals surface area contributed by atoms with Crippen LogP contribution in [0.3, 0.4) is 0 Å². The van der Waals surface area contributed by atoms with Crippen molar-refractivity contribution in [3.8, 4) is 11.5 Å². The van der Waals surface area contributed by atoms with Crippen LogP contribution in [0.2, 0.25) is 0 Å². The number of nitrogens with zero attached hydrogens (tertiary/aromatic N) is 2. The van der Waals surface area contributed by atoms with E-state index in [1.807, 2.05) is 0 Å². The van der Waals surface area contributed by atoms with Gasteiger partial charge < -0.3 is 14.4 Å². The van der Waals surface area contributed by atoms with Gasteiger partial charge in [-0.05, 0) is 43.3 Å². The normalized spacial score (nSPS) is 14.9. The summed E-state index contributed by atoms with van der Waals surface area (Å²) < 4.78 is 50.7. The van der Waals surface area contributed by atoms with E-state index in [1.54, 1.807) is 12.1 Å². The number of ether oxygens (including phenoxy) is 2. The highest BCUT2D eigenvalue weighted by molar-refractivity contribution is 7.89. The fourth-order valence-electron chi connectivity index (χ4n) is 3.19. The number of hydrogen-bond donors (Lipinski definition) is 0. The number of sulfonamides is 1. The van der Waals surface area contributed by atoms with E-state index in [2.05, 4.69) is 0 Å². The van der Waals surface area contributed by atoms with Crippen molar-refractivity contribution in [1.29, 1.82) is 0 Å². The fraction of sp³-hybridized carbons (Fsp3) is 0.333. The van der Waals surface area contributed by atoms with Crippen LogP contribution in [0.5, 0.6) is 11.5 Å². The zero-order valence-corrected chi connectivity index (χ0v) is 18.0. The molecule has 0 atom stereocenters. The molecule has 0 spiro atoms. The largest absolute Gasteiger partial charge is 0.493 e. The van der Waals surface area contributed by atoms with Crippen LogP contribution in [0.25, 0.3) is 0 Å². The Bertz CT molecular complexity index is 1080. The number of carbonyl (C=O) groups is 2. The van der Waals surface area contributed by atoms with Crippen LogP contribution in [0.1, 0.15) is 17.3 Å². The summed E-state index contributed by atoms with van der Waals surface area (Å²) in [4.78, 5) is 25.4. The molecule has 0 aromatic heterocycles. The lowest BCUT2D eigenvalue weighted by molar-refractivity contribution is -0.134. The molecule has 2 aromatic rings. The number of halogens is 1. The van der Waals surface area contributed by atoms with Crippen LogP contribution in [0.15, 0.2) is 47.4 Å². The van der Waals surface area contributed by atoms with Crippen molar-refractivity contribution in [3.63, 3.8) is 0 Å². The van der Waals surface area contributed by atoms with Crippen molar-refractivity contribution < 1.29 is 31.9 Å². The summed E-state index contributed by atoms with van der Waals surface area (Å²) in [6.45, 7) is 1.76. The van der Waals surface area contributed by atoms with Gasteiger partial charge in [-0.3, -0.25) is 9.59 Å². The summed E-state index contributed by atoms with van der Waals surface area (Å²) in [5.74, 6) is -0.383. The Morgan fingerprint density at radius 2 is 1.74 bits per heavy atom. The molecule has 1 saturated heterocycles. The second-order valence-electron chi connectivity index (χ2n) is 6.95. The molecule has 0 radical (unpaired) electrons. The predicted molar refractivity (Wildman–Crippen MR) is 110 cm³/mol. The average Bonchev–Trinajstić information content (AvgIpc) is 2.77. The monoisotopic (exact) mass is 450 g/mol. The number of methoxy groups -OCH3 is 1. The van der Waals surface area contributed by atoms with Gasteiger partial charge in [0.15, 0.2) is 23.9 Å². The lowest BCUT2D eigenvalue weighted by Gasteiger charge is -2.34. The molecule has 1 heterocycles. The topological polar surface area (TPSA) is 93.2 Å². The van der Waals surface area contributed by atoms with Crippen molar-refractivity contribution in [2.24, 2.45) is 0 Å². The van der Waals surface area contributed by atoms with Crippen LogP contribution in [0, 0.1) is 5.82 Å². The van der Waals surface area contributed by atoms with E-state index in [1.165, 1.54) is 47.5 Å². The molecule has 2 aromatic carbocycles. The lowest BCUT2D eigenvalue weighted by atomic mass is 10.1. The van der Waals surface area contributed by atoms with Gasteiger partial charge in [0.2, 0.25) is 10.0 Å². The molecule has 0 aliphatic carbocycles. The Balaban J connectivity index is 1.58. The number of rotatable bonds is 7. The molecular formula is C21H23FN2O6S. The minimum Gasteiger partial charge on any atom is -0.493 e. The maximum atomic E-state index is 13.4. The van der Waals surface area contributed by atoms with E-state index in [0.717, 1.165) is 6.07 Å². The van der Waals surface area contributed by atoms with Gasteiger partial charge in [-0.2, -0.15) is 4.31 Å². The molecule has 1 aliphatic rings. The molecule has 3 rings (SSSR count). The second-order valence-corrected chi connectivity index (χ2v) is 8.89. The molecule has 0 saturated carbocycles. The highest BCUT2D eigenvalue weighted by Crippen LogP contribution is 2.28. The first-order chi connectivity index (χ1) is 14.7. The van der Waals surface area contributed by atoms with E-state index in [0.29, 0.717) is 17.1 Å². The first-order valence-corrected chi connectivity index (χ1v) is 11.0. The first kappa shape index (κ1) is 22.7. The standard InChI is InChI=1S/C21H23FN2O6S/c1-15(25)16-6-7-19(20(12-16)29-2)30-14-21(26)23-8-10-24(11-9-23)31(27,28)18-5-3-4-17(22)13-18/h3-7,12-13H,8-11,14H2,1-2H3. The Kier molecular flexibility index (Phi) is 6.91. The van der Waals surface area contributed by atoms with Gasteiger partial charge in [-0.15, -0.1) is 0 Å². The first-order valence-electron chi connectivity index (χ1n) is 9.57. The van der Waals surface area contributed by atoms with Gasteiger partial charge in [0, 0.05) is 31.7 Å². The molecule has 8 nitrogen and oxygen atoms in total. The zero-order chi connectivity index (χ0) is 22.6. The highest BCUT2D eigenvalue weighted by Gasteiger charge is 2.30. The molecular weight excluding hydrogens is 427 g/mol. The number of piperazine rings is 1. The zero-order valence-electron chi connectivity index (χ0n) is 17.2. The number of amides is 1. The number of hydrogen-bond acceptors (Lipinski definition) is 6. The van der Waals surface area contributed by atoms with Gasteiger partial charge in [0.05, 0.1) is 12.0 Å². The van der Waals surface area contributed by atoms with E-state index in [4.69, 9.17) is 9.47 Å². The van der Waals surface area contributed by atoms with Gasteiger partial charge in [-0.25, -0.2) is 12.8 Å². The SMILES string of the molecule is COc1cc(C(C)=O)ccc1OCC(=O)N1CCN(S(=O)(=O)c2cccc(F)c2)CC1. The summed E-state index contributed by atoms with van der Waals surface area (Å²) in [6.07, 6.45) is 0. The number of Topliss-reactive ketones (excluding diaryl/α,β-unsaturated/α-hetero) is 1. The van der Waals surface area contributed by atoms with Crippen molar-refractivity contribution in [3.05, 3.63) is 53.8 Å². The lowest BCUT2D eigenvalue weighted by Crippen LogP contribution is -2.51. The number of benzene rings is 2. The van der Waals surface area contributed by atoms with E-state index < -0.39 is 15.8 Å². The minimum absolute atomic E-state index is 0.0984. The third kappa shape index (κ3) is 5.20. The van der Waals surface area contributed by atoms with E-state index in [9.17, 15) is 22.4 Å². The van der Waals surface area contributed by atoms with Crippen molar-refractivity contribution in [2.75, 3.05) is 39.9 Å². The summed E-state index contributed by atoms with van der Waals surface area (Å²) >= 11 is 0. The Morgan fingerprint density at radius 3 is 2.35 bits per heavy atom. The van der Waals surface area contributed by atoms with Crippen LogP contribution < -0.4 is 9.47 Å². The van der Waals surface area contributed by atoms with Crippen LogP contribution in [0.4, 0.5) is 4.39 Å². The summed E-state index contributed by atoms with van der Waals surface area (Å²) in [7, 11) is -2.39. The Morgan fingerprint density at radius 1 is 1.03 bits per heavy atom. The minimum atomic E-state index is -3.83. The number of ketones is 1. The maximum absolute atomic E-state index is 13.4. The molecule has 1 aliphatic heterocycles. The van der Waals surface area contributed by atoms with E-state index in [-0.39, 0.29) is 49.4 Å². The van der Waals surface area contributed by atoms with Crippen LogP contribution >= 0.6 is 0 Å². The van der Waals surface area contributed by atoms with Crippen molar-refractivity contribution in [1.82, 2.24) is 9.21 Å². The number of carbonyl (C=O) groups excluding carboxylic acids is 2. The quantitative estimate of drug-likeness (QED) is 0.599. The summed E-state index contributed by atoms with van der Waals surface area (Å²) in [5.41, 5.74) is 0.464. The molecule has 1 amide bonds. The molecule has 10 heteroatoms. The second kappa shape index (κ2) is 9.44. The molecule has 1 fully saturated rings. The highest BCUT2D eigenvalue weighted by atomic mass is 32.2. The predicted octanol–water partition coefficient (Wildman–Crippen LogP) is 1.95. The van der Waals surface area contributed by atoms with Crippen LogP contribution in [-0.2, 0) is 14.8 Å². The summed E-state index contributed by atoms with van der Waals surface area (Å²) in [5, 5.41) is 0. The third-order valence-electron chi connectivity index (χ3n) is 4.95. The molecule has 0 bridgehead atoms. The molecule has 0 unspecified atom stereocenters. The fourth-order valence-corrected chi connectivity index (χ4v) is 4.65. The average molecular weight is 450 g/mol. The third-order valence-corrected chi connectivity index (χ3v) is 6.84. The van der Waals surface area contributed by atoms with Gasteiger partial charge in [0.1, 0.15) is 5.82 Å². The van der Waals surface area contributed by atoms with Crippen molar-refractivity contribution in [2.45, 2.75) is 11.8 Å². The van der Waals surface area contributed by atoms with Gasteiger partial charge in [0.25, 0.3) is 5.91 Å². The van der Waals surface area contributed by atoms with Crippen molar-refractivity contribution >= 4 is 21.7 Å². The van der Waals surface area contributed by atoms with Gasteiger partial charge >= 0.3 is 0 Å². The van der Waals surface area contributed by atoms with Gasteiger partial charge in [-0.1, -0.05) is 6.07 Å². The Labute approximate surface area is 180 Å². The smallest absolute Gasteiger partial charge is 0.260 e. The Hall–Kier alpha value is -2.98. The summed E-state index contributed by atoms with van der Waals surface area (Å²) in [6, 6.07) is 9.53.